The van der Waals surface area contributed by atoms with Crippen molar-refractivity contribution in [3.8, 4) is 0 Å². The maximum atomic E-state index is 11.8. The molecular weight excluding hydrogens is 380 g/mol. The van der Waals surface area contributed by atoms with Crippen LogP contribution in [-0.2, 0) is 6.54 Å². The van der Waals surface area contributed by atoms with Gasteiger partial charge in [-0.15, -0.1) is 0 Å². The Hall–Kier alpha value is -1.66. The van der Waals surface area contributed by atoms with Crippen LogP contribution in [-0.4, -0.2) is 40.3 Å². The summed E-state index contributed by atoms with van der Waals surface area (Å²) in [6, 6.07) is 11.5. The molecule has 2 aliphatic rings. The Morgan fingerprint density at radius 3 is 2.44 bits per heavy atom. The lowest BCUT2D eigenvalue weighted by Gasteiger charge is -2.42. The Labute approximate surface area is 157 Å². The molecule has 3 heterocycles. The fourth-order valence-electron chi connectivity index (χ4n) is 3.91. The van der Waals surface area contributed by atoms with E-state index < -0.39 is 0 Å². The second-order valence-electron chi connectivity index (χ2n) is 6.37. The normalized spacial score (nSPS) is 22.4. The van der Waals surface area contributed by atoms with Crippen LogP contribution in [0.2, 0.25) is 0 Å². The number of nitrogens with zero attached hydrogens (tertiary/aromatic N) is 3. The molecule has 1 aromatic carbocycles. The lowest BCUT2D eigenvalue weighted by molar-refractivity contribution is 0.211. The molecule has 2 bridgehead atoms. The first-order valence-electron chi connectivity index (χ1n) is 9.00. The number of likely N-dealkylation sites (tertiary alicyclic amines) is 1. The number of nitrogens with one attached hydrogen (secondary N) is 1. The van der Waals surface area contributed by atoms with Gasteiger partial charge in [-0.2, -0.15) is 5.10 Å². The van der Waals surface area contributed by atoms with Crippen molar-refractivity contribution in [2.75, 3.05) is 18.0 Å². The number of aromatic nitrogens is 2. The second kappa shape index (κ2) is 8.15. The minimum absolute atomic E-state index is 0.159. The quantitative estimate of drug-likeness (QED) is 0.851. The minimum Gasteiger partial charge on any atom is -0.361 e. The van der Waals surface area contributed by atoms with E-state index >= 15 is 0 Å². The molecule has 4 rings (SSSR count). The fraction of sp³-hybridized carbons (Fsp3) is 0.474. The summed E-state index contributed by atoms with van der Waals surface area (Å²) in [6.07, 6.45) is 4.12. The molecule has 1 N–H and O–H groups in total. The first kappa shape index (κ1) is 18.1. The summed E-state index contributed by atoms with van der Waals surface area (Å²) in [5.74, 6) is 0. The molecule has 2 fully saturated rings. The van der Waals surface area contributed by atoms with Crippen LogP contribution in [0.5, 0.6) is 0 Å². The first-order chi connectivity index (χ1) is 12.2. The van der Waals surface area contributed by atoms with Crippen molar-refractivity contribution in [1.29, 1.82) is 0 Å². The van der Waals surface area contributed by atoms with E-state index in [-0.39, 0.29) is 5.56 Å². The molecule has 5 nitrogen and oxygen atoms in total. The molecule has 6 heteroatoms. The smallest absolute Gasteiger partial charge is 0.280 e. The van der Waals surface area contributed by atoms with Crippen LogP contribution in [0, 0.1) is 0 Å². The molecule has 134 valence electrons. The van der Waals surface area contributed by atoms with Crippen LogP contribution in [0.15, 0.2) is 45.8 Å². The minimum atomic E-state index is -0.159. The third-order valence-electron chi connectivity index (χ3n) is 4.86. The van der Waals surface area contributed by atoms with Crippen molar-refractivity contribution < 1.29 is 0 Å². The number of halogens is 1. The Morgan fingerprint density at radius 1 is 1.16 bits per heavy atom. The topological polar surface area (TPSA) is 52.2 Å². The zero-order valence-corrected chi connectivity index (χ0v) is 16.4. The Balaban J connectivity index is 0.000000880. The SMILES string of the molecule is CC.O=c1[nH]ncc(N2C3CCC2CN(Cc2ccccc2)C3)c1Br. The Bertz CT molecular complexity index is 735. The maximum absolute atomic E-state index is 11.8. The van der Waals surface area contributed by atoms with Gasteiger partial charge < -0.3 is 4.90 Å². The number of H-pyrrole nitrogens is 1. The van der Waals surface area contributed by atoms with E-state index in [1.54, 1.807) is 6.20 Å². The van der Waals surface area contributed by atoms with Gasteiger partial charge in [0.2, 0.25) is 0 Å². The average Bonchev–Trinajstić information content (AvgIpc) is 2.90. The molecular formula is C19H25BrN4O. The van der Waals surface area contributed by atoms with Gasteiger partial charge in [0.1, 0.15) is 4.47 Å². The third-order valence-corrected chi connectivity index (χ3v) is 5.63. The van der Waals surface area contributed by atoms with E-state index in [0.29, 0.717) is 16.6 Å². The molecule has 2 unspecified atom stereocenters. The van der Waals surface area contributed by atoms with Gasteiger partial charge in [0, 0.05) is 31.7 Å². The highest BCUT2D eigenvalue weighted by Gasteiger charge is 2.40. The molecule has 2 atom stereocenters. The van der Waals surface area contributed by atoms with E-state index in [2.05, 4.69) is 66.3 Å². The molecule has 1 aromatic heterocycles. The molecule has 0 amide bonds. The van der Waals surface area contributed by atoms with Crippen molar-refractivity contribution in [2.24, 2.45) is 0 Å². The van der Waals surface area contributed by atoms with Crippen LogP contribution in [0.4, 0.5) is 5.69 Å². The van der Waals surface area contributed by atoms with Crippen LogP contribution in [0.25, 0.3) is 0 Å². The summed E-state index contributed by atoms with van der Waals surface area (Å²) in [7, 11) is 0. The highest BCUT2D eigenvalue weighted by Crippen LogP contribution is 2.37. The van der Waals surface area contributed by atoms with Crippen molar-refractivity contribution in [2.45, 2.75) is 45.3 Å². The van der Waals surface area contributed by atoms with E-state index in [1.165, 1.54) is 18.4 Å². The molecule has 2 aliphatic heterocycles. The number of piperazine rings is 1. The monoisotopic (exact) mass is 404 g/mol. The summed E-state index contributed by atoms with van der Waals surface area (Å²) in [5, 5.41) is 6.46. The lowest BCUT2D eigenvalue weighted by atomic mass is 10.1. The lowest BCUT2D eigenvalue weighted by Crippen LogP contribution is -2.53. The van der Waals surface area contributed by atoms with E-state index in [9.17, 15) is 4.79 Å². The first-order valence-corrected chi connectivity index (χ1v) is 9.79. The van der Waals surface area contributed by atoms with Crippen LogP contribution in [0.3, 0.4) is 0 Å². The van der Waals surface area contributed by atoms with E-state index in [0.717, 1.165) is 25.3 Å². The molecule has 25 heavy (non-hydrogen) atoms. The fourth-order valence-corrected chi connectivity index (χ4v) is 4.30. The summed E-state index contributed by atoms with van der Waals surface area (Å²) in [4.78, 5) is 16.7. The van der Waals surface area contributed by atoms with Gasteiger partial charge in [0.05, 0.1) is 11.9 Å². The molecule has 0 aliphatic carbocycles. The van der Waals surface area contributed by atoms with Crippen LogP contribution >= 0.6 is 15.9 Å². The highest BCUT2D eigenvalue weighted by molar-refractivity contribution is 9.10. The Morgan fingerprint density at radius 2 is 1.80 bits per heavy atom. The Kier molecular flexibility index (Phi) is 5.91. The van der Waals surface area contributed by atoms with Gasteiger partial charge in [-0.25, -0.2) is 5.10 Å². The number of rotatable bonds is 3. The predicted molar refractivity (Wildman–Crippen MR) is 105 cm³/mol. The number of aromatic amines is 1. The second-order valence-corrected chi connectivity index (χ2v) is 7.16. The van der Waals surface area contributed by atoms with Crippen molar-refractivity contribution in [1.82, 2.24) is 15.1 Å². The average molecular weight is 405 g/mol. The van der Waals surface area contributed by atoms with Gasteiger partial charge in [0.25, 0.3) is 5.56 Å². The zero-order chi connectivity index (χ0) is 17.8. The summed E-state index contributed by atoms with van der Waals surface area (Å²) >= 11 is 3.43. The molecule has 0 radical (unpaired) electrons. The number of benzene rings is 1. The van der Waals surface area contributed by atoms with Crippen LogP contribution in [0.1, 0.15) is 32.3 Å². The summed E-state index contributed by atoms with van der Waals surface area (Å²) < 4.78 is 0.598. The van der Waals surface area contributed by atoms with Gasteiger partial charge in [-0.3, -0.25) is 9.69 Å². The largest absolute Gasteiger partial charge is 0.361 e. The number of anilines is 1. The van der Waals surface area contributed by atoms with Gasteiger partial charge in [-0.05, 0) is 34.3 Å². The number of hydrogen-bond acceptors (Lipinski definition) is 4. The maximum Gasteiger partial charge on any atom is 0.280 e. The molecule has 2 aromatic rings. The van der Waals surface area contributed by atoms with E-state index in [1.807, 2.05) is 13.8 Å². The predicted octanol–water partition coefficient (Wildman–Crippen LogP) is 3.41. The van der Waals surface area contributed by atoms with Gasteiger partial charge in [0.15, 0.2) is 0 Å². The number of hydrogen-bond donors (Lipinski definition) is 1. The van der Waals surface area contributed by atoms with Crippen molar-refractivity contribution in [3.63, 3.8) is 0 Å². The van der Waals surface area contributed by atoms with E-state index in [4.69, 9.17) is 0 Å². The van der Waals surface area contributed by atoms with Crippen molar-refractivity contribution in [3.05, 3.63) is 56.9 Å². The molecule has 0 saturated carbocycles. The molecule has 0 spiro atoms. The van der Waals surface area contributed by atoms with Gasteiger partial charge >= 0.3 is 0 Å². The highest BCUT2D eigenvalue weighted by atomic mass is 79.9. The van der Waals surface area contributed by atoms with Crippen LogP contribution < -0.4 is 10.5 Å². The summed E-state index contributed by atoms with van der Waals surface area (Å²) in [5.41, 5.74) is 2.13. The zero-order valence-electron chi connectivity index (χ0n) is 14.8. The third kappa shape index (κ3) is 3.80. The number of fused-ring (bicyclic) bond motifs is 2. The van der Waals surface area contributed by atoms with Crippen molar-refractivity contribution >= 4 is 21.6 Å². The standard InChI is InChI=1S/C17H19BrN4O.C2H6/c18-16-15(8-19-20-17(16)23)22-13-6-7-14(22)11-21(10-13)9-12-4-2-1-3-5-12;1-2/h1-5,8,13-14H,6-7,9-11H2,(H,20,23);1-2H3. The summed E-state index contributed by atoms with van der Waals surface area (Å²) in [6.45, 7) is 7.06. The molecule has 2 saturated heterocycles. The van der Waals surface area contributed by atoms with Gasteiger partial charge in [-0.1, -0.05) is 44.2 Å².